The maximum absolute atomic E-state index is 2.37. The fraction of sp³-hybridized carbons (Fsp3) is 0.240. The number of allylic oxidation sites excluding steroid dienone is 5. The maximum atomic E-state index is 2.37. The molecule has 3 heteroatoms. The molecule has 2 nitrogen and oxygen atoms in total. The first-order valence-electron chi connectivity index (χ1n) is 9.69. The zero-order valence-electron chi connectivity index (χ0n) is 17.2. The van der Waals surface area contributed by atoms with Crippen LogP contribution < -0.4 is 17.3 Å². The van der Waals surface area contributed by atoms with E-state index in [1.165, 1.54) is 33.7 Å². The van der Waals surface area contributed by atoms with Crippen molar-refractivity contribution in [2.45, 2.75) is 13.8 Å². The van der Waals surface area contributed by atoms with E-state index in [9.17, 15) is 0 Å². The Kier molecular flexibility index (Phi) is 7.83. The van der Waals surface area contributed by atoms with Crippen LogP contribution in [0.3, 0.4) is 0 Å². The highest BCUT2D eigenvalue weighted by atomic mass is 35.5. The molecule has 0 atom stereocenters. The first-order chi connectivity index (χ1) is 13.1. The summed E-state index contributed by atoms with van der Waals surface area (Å²) in [6.07, 6.45) is 8.80. The fourth-order valence-electron chi connectivity index (χ4n) is 3.46. The summed E-state index contributed by atoms with van der Waals surface area (Å²) in [6.45, 7) is 6.45. The van der Waals surface area contributed by atoms with Crippen molar-refractivity contribution < 1.29 is 17.0 Å². The van der Waals surface area contributed by atoms with Gasteiger partial charge >= 0.3 is 0 Å². The van der Waals surface area contributed by atoms with Crippen LogP contribution in [0.5, 0.6) is 0 Å². The van der Waals surface area contributed by atoms with Gasteiger partial charge in [-0.2, -0.15) is 0 Å². The molecule has 0 bridgehead atoms. The zero-order valence-corrected chi connectivity index (χ0v) is 17.9. The lowest BCUT2D eigenvalue weighted by Gasteiger charge is -2.21. The van der Waals surface area contributed by atoms with Gasteiger partial charge in [-0.15, -0.1) is 0 Å². The summed E-state index contributed by atoms with van der Waals surface area (Å²) in [5.41, 5.74) is 7.48. The molecule has 0 fully saturated rings. The number of halogens is 1. The van der Waals surface area contributed by atoms with Crippen molar-refractivity contribution in [1.29, 1.82) is 0 Å². The van der Waals surface area contributed by atoms with Crippen LogP contribution in [0.15, 0.2) is 84.5 Å². The molecule has 0 heterocycles. The van der Waals surface area contributed by atoms with Crippen LogP contribution in [0.4, 0.5) is 5.69 Å². The first kappa shape index (κ1) is 21.7. The number of rotatable bonds is 5. The summed E-state index contributed by atoms with van der Waals surface area (Å²) in [5.74, 6) is 0. The van der Waals surface area contributed by atoms with Gasteiger partial charge < -0.3 is 17.3 Å². The molecule has 0 saturated heterocycles. The van der Waals surface area contributed by atoms with Crippen LogP contribution in [-0.4, -0.2) is 37.5 Å². The summed E-state index contributed by atoms with van der Waals surface area (Å²) in [7, 11) is 4.14. The normalized spacial score (nSPS) is 12.6. The van der Waals surface area contributed by atoms with Crippen LogP contribution in [0.1, 0.15) is 25.0 Å². The molecule has 0 N–H and O–H groups in total. The van der Waals surface area contributed by atoms with Crippen molar-refractivity contribution in [3.05, 3.63) is 95.6 Å². The quantitative estimate of drug-likeness (QED) is 0.707. The van der Waals surface area contributed by atoms with Gasteiger partial charge in [-0.05, 0) is 60.4 Å². The molecule has 0 amide bonds. The molecule has 2 aromatic rings. The minimum absolute atomic E-state index is 0. The lowest BCUT2D eigenvalue weighted by Crippen LogP contribution is -3.00. The molecule has 0 spiro atoms. The molecule has 1 aliphatic rings. The molecule has 0 aliphatic heterocycles. The molecule has 0 radical (unpaired) electrons. The number of anilines is 1. The Balaban J connectivity index is 0.00000280. The second kappa shape index (κ2) is 10.1. The standard InChI is InChI=1S/C25H29N2.ClH/c1-5-27(6-2)24-18-14-22(15-19-24)25(20-10-8-7-9-11-20)21-12-16-23(17-13-21)26(3)4;/h7-19H,5-6H2,1-4H3;1H/q+1;/p-1. The first-order valence-corrected chi connectivity index (χ1v) is 9.69. The van der Waals surface area contributed by atoms with Crippen LogP contribution in [0.25, 0.3) is 5.57 Å². The van der Waals surface area contributed by atoms with E-state index in [1.54, 1.807) is 0 Å². The van der Waals surface area contributed by atoms with Gasteiger partial charge in [0.25, 0.3) is 0 Å². The van der Waals surface area contributed by atoms with Gasteiger partial charge in [-0.3, -0.25) is 0 Å². The van der Waals surface area contributed by atoms with Crippen molar-refractivity contribution >= 4 is 17.0 Å². The van der Waals surface area contributed by atoms with E-state index < -0.39 is 0 Å². The summed E-state index contributed by atoms with van der Waals surface area (Å²) in [6, 6.07) is 19.6. The van der Waals surface area contributed by atoms with Crippen LogP contribution in [0, 0.1) is 0 Å². The van der Waals surface area contributed by atoms with Crippen LogP contribution in [-0.2, 0) is 0 Å². The van der Waals surface area contributed by atoms with E-state index in [-0.39, 0.29) is 12.4 Å². The van der Waals surface area contributed by atoms with Crippen molar-refractivity contribution in [2.24, 2.45) is 0 Å². The average molecular weight is 393 g/mol. The van der Waals surface area contributed by atoms with Gasteiger partial charge in [0.15, 0.2) is 5.71 Å². The molecule has 146 valence electrons. The van der Waals surface area contributed by atoms with Crippen LogP contribution >= 0.6 is 0 Å². The highest BCUT2D eigenvalue weighted by molar-refractivity contribution is 6.03. The van der Waals surface area contributed by atoms with E-state index in [0.29, 0.717) is 0 Å². The smallest absolute Gasteiger partial charge is 0.199 e. The lowest BCUT2D eigenvalue weighted by molar-refractivity contribution is -0.462. The summed E-state index contributed by atoms with van der Waals surface area (Å²) in [4.78, 5) is 2.37. The lowest BCUT2D eigenvalue weighted by atomic mass is 9.90. The van der Waals surface area contributed by atoms with Crippen molar-refractivity contribution in [3.63, 3.8) is 0 Å². The third kappa shape index (κ3) is 4.82. The molecule has 0 saturated carbocycles. The predicted molar refractivity (Wildman–Crippen MR) is 118 cm³/mol. The highest BCUT2D eigenvalue weighted by Crippen LogP contribution is 2.30. The molecule has 0 aromatic heterocycles. The molecule has 1 aliphatic carbocycles. The van der Waals surface area contributed by atoms with Gasteiger partial charge in [0.05, 0.1) is 0 Å². The molecule has 2 aromatic carbocycles. The second-order valence-corrected chi connectivity index (χ2v) is 6.90. The Morgan fingerprint density at radius 2 is 1.29 bits per heavy atom. The molecule has 28 heavy (non-hydrogen) atoms. The van der Waals surface area contributed by atoms with Gasteiger partial charge in [-0.1, -0.05) is 42.5 Å². The fourth-order valence-corrected chi connectivity index (χ4v) is 3.46. The Hall–Kier alpha value is -2.58. The number of hydrogen-bond acceptors (Lipinski definition) is 1. The van der Waals surface area contributed by atoms with Gasteiger partial charge in [-0.25, -0.2) is 4.58 Å². The van der Waals surface area contributed by atoms with E-state index in [2.05, 4.69) is 116 Å². The number of hydrogen-bond donors (Lipinski definition) is 0. The average Bonchev–Trinajstić information content (AvgIpc) is 2.71. The zero-order chi connectivity index (χ0) is 19.2. The van der Waals surface area contributed by atoms with Gasteiger partial charge in [0, 0.05) is 30.9 Å². The number of nitrogens with zero attached hydrogens (tertiary/aromatic N) is 2. The molecular weight excluding hydrogens is 364 g/mol. The largest absolute Gasteiger partial charge is 1.00 e. The topological polar surface area (TPSA) is 6.25 Å². The molecule has 0 unspecified atom stereocenters. The van der Waals surface area contributed by atoms with Gasteiger partial charge in [0.2, 0.25) is 0 Å². The second-order valence-electron chi connectivity index (χ2n) is 6.90. The van der Waals surface area contributed by atoms with E-state index >= 15 is 0 Å². The van der Waals surface area contributed by atoms with E-state index in [4.69, 9.17) is 0 Å². The highest BCUT2D eigenvalue weighted by Gasteiger charge is 2.13. The molecular formula is C25H29ClN2. The Labute approximate surface area is 175 Å². The van der Waals surface area contributed by atoms with Crippen molar-refractivity contribution in [1.82, 2.24) is 0 Å². The predicted octanol–water partition coefficient (Wildman–Crippen LogP) is 2.18. The SMILES string of the molecule is CCN(CC)c1ccc(C(=C2C=CC(=[N+](C)C)C=C2)c2ccccc2)cc1.[Cl-]. The van der Waals surface area contributed by atoms with E-state index in [0.717, 1.165) is 13.1 Å². The maximum Gasteiger partial charge on any atom is 0.199 e. The minimum Gasteiger partial charge on any atom is -1.00 e. The Bertz CT molecular complexity index is 877. The summed E-state index contributed by atoms with van der Waals surface area (Å²) >= 11 is 0. The van der Waals surface area contributed by atoms with Gasteiger partial charge in [0.1, 0.15) is 14.1 Å². The Morgan fingerprint density at radius 1 is 0.750 bits per heavy atom. The summed E-state index contributed by atoms with van der Waals surface area (Å²) in [5, 5.41) is 0. The molecule has 3 rings (SSSR count). The van der Waals surface area contributed by atoms with E-state index in [1.807, 2.05) is 0 Å². The minimum atomic E-state index is 0. The Morgan fingerprint density at radius 3 is 1.79 bits per heavy atom. The third-order valence-electron chi connectivity index (χ3n) is 5.02. The number of benzene rings is 2. The summed E-state index contributed by atoms with van der Waals surface area (Å²) < 4.78 is 2.13. The van der Waals surface area contributed by atoms with Crippen molar-refractivity contribution in [3.8, 4) is 0 Å². The monoisotopic (exact) mass is 392 g/mol. The third-order valence-corrected chi connectivity index (χ3v) is 5.02. The van der Waals surface area contributed by atoms with Crippen molar-refractivity contribution in [2.75, 3.05) is 32.1 Å². The van der Waals surface area contributed by atoms with Crippen LogP contribution in [0.2, 0.25) is 0 Å².